The summed E-state index contributed by atoms with van der Waals surface area (Å²) in [5, 5.41) is 12.8. The Morgan fingerprint density at radius 3 is 2.53 bits per heavy atom. The van der Waals surface area contributed by atoms with Crippen LogP contribution in [-0.4, -0.2) is 5.91 Å². The lowest BCUT2D eigenvalue weighted by molar-refractivity contribution is -0.112. The maximum absolute atomic E-state index is 12.5. The fourth-order valence-corrected chi connectivity index (χ4v) is 2.93. The molecule has 0 atom stereocenters. The number of benzene rings is 3. The summed E-state index contributed by atoms with van der Waals surface area (Å²) >= 11 is 11.8. The summed E-state index contributed by atoms with van der Waals surface area (Å²) in [4.78, 5) is 12.5. The van der Waals surface area contributed by atoms with E-state index in [0.717, 1.165) is 5.56 Å². The summed E-state index contributed by atoms with van der Waals surface area (Å²) in [6, 6.07) is 21.9. The van der Waals surface area contributed by atoms with E-state index in [1.54, 1.807) is 24.3 Å². The van der Waals surface area contributed by atoms with E-state index < -0.39 is 5.91 Å². The van der Waals surface area contributed by atoms with Crippen molar-refractivity contribution in [1.29, 1.82) is 5.26 Å². The van der Waals surface area contributed by atoms with Crippen LogP contribution in [0.15, 0.2) is 72.3 Å². The van der Waals surface area contributed by atoms with E-state index in [9.17, 15) is 10.1 Å². The topological polar surface area (TPSA) is 62.1 Å². The second-order valence-electron chi connectivity index (χ2n) is 6.60. The number of ether oxygens (including phenoxy) is 1. The molecule has 0 aliphatic rings. The van der Waals surface area contributed by atoms with Gasteiger partial charge < -0.3 is 10.1 Å². The third kappa shape index (κ3) is 5.87. The Bertz CT molecular complexity index is 1130. The van der Waals surface area contributed by atoms with Crippen LogP contribution < -0.4 is 10.1 Å². The van der Waals surface area contributed by atoms with Gasteiger partial charge in [0.15, 0.2) is 0 Å². The molecule has 3 rings (SSSR count). The van der Waals surface area contributed by atoms with Gasteiger partial charge in [-0.3, -0.25) is 4.79 Å². The number of carbonyl (C=O) groups excluding carboxylic acids is 1. The van der Waals surface area contributed by atoms with E-state index >= 15 is 0 Å². The van der Waals surface area contributed by atoms with Crippen molar-refractivity contribution in [3.05, 3.63) is 99.0 Å². The number of carbonyl (C=O) groups is 1. The normalized spacial score (nSPS) is 10.9. The van der Waals surface area contributed by atoms with Crippen LogP contribution >= 0.6 is 23.2 Å². The number of anilines is 1. The predicted octanol–water partition coefficient (Wildman–Crippen LogP) is 6.43. The van der Waals surface area contributed by atoms with Gasteiger partial charge in [0.25, 0.3) is 5.91 Å². The van der Waals surface area contributed by atoms with Crippen LogP contribution in [0.1, 0.15) is 16.7 Å². The van der Waals surface area contributed by atoms with Gasteiger partial charge in [-0.25, -0.2) is 0 Å². The molecular weight excluding hydrogens is 419 g/mol. The molecular formula is C24H18Cl2N2O2. The minimum atomic E-state index is -0.540. The van der Waals surface area contributed by atoms with E-state index in [2.05, 4.69) is 5.32 Å². The zero-order valence-corrected chi connectivity index (χ0v) is 17.7. The fourth-order valence-electron chi connectivity index (χ4n) is 2.63. The number of hydrogen-bond donors (Lipinski definition) is 1. The van der Waals surface area contributed by atoms with Crippen LogP contribution in [0, 0.1) is 18.3 Å². The SMILES string of the molecule is Cc1ccc(COc2cccc(/C=C(\C#N)C(=O)Nc3ccc(Cl)c(Cl)c3)c2)cc1. The summed E-state index contributed by atoms with van der Waals surface area (Å²) in [6.45, 7) is 2.46. The highest BCUT2D eigenvalue weighted by Crippen LogP contribution is 2.25. The fraction of sp³-hybridized carbons (Fsp3) is 0.0833. The first-order valence-corrected chi connectivity index (χ1v) is 9.87. The highest BCUT2D eigenvalue weighted by atomic mass is 35.5. The van der Waals surface area contributed by atoms with Crippen molar-refractivity contribution in [2.24, 2.45) is 0 Å². The van der Waals surface area contributed by atoms with Gasteiger partial charge in [0.05, 0.1) is 10.0 Å². The van der Waals surface area contributed by atoms with Crippen molar-refractivity contribution < 1.29 is 9.53 Å². The Labute approximate surface area is 185 Å². The Balaban J connectivity index is 1.71. The Morgan fingerprint density at radius 2 is 1.83 bits per heavy atom. The smallest absolute Gasteiger partial charge is 0.266 e. The maximum Gasteiger partial charge on any atom is 0.266 e. The minimum absolute atomic E-state index is 0.0447. The van der Waals surface area contributed by atoms with Crippen LogP contribution in [0.2, 0.25) is 10.0 Å². The number of nitrogens with zero attached hydrogens (tertiary/aromatic N) is 1. The van der Waals surface area contributed by atoms with Crippen LogP contribution in [0.5, 0.6) is 5.75 Å². The summed E-state index contributed by atoms with van der Waals surface area (Å²) in [7, 11) is 0. The van der Waals surface area contributed by atoms with Crippen LogP contribution in [0.3, 0.4) is 0 Å². The third-order valence-electron chi connectivity index (χ3n) is 4.24. The van der Waals surface area contributed by atoms with Crippen LogP contribution in [-0.2, 0) is 11.4 Å². The van der Waals surface area contributed by atoms with Crippen molar-refractivity contribution in [3.8, 4) is 11.8 Å². The van der Waals surface area contributed by atoms with Crippen molar-refractivity contribution >= 4 is 40.9 Å². The van der Waals surface area contributed by atoms with Crippen molar-refractivity contribution in [3.63, 3.8) is 0 Å². The predicted molar refractivity (Wildman–Crippen MR) is 121 cm³/mol. The van der Waals surface area contributed by atoms with E-state index in [1.807, 2.05) is 49.4 Å². The average Bonchev–Trinajstić information content (AvgIpc) is 2.74. The number of nitriles is 1. The molecule has 1 N–H and O–H groups in total. The van der Waals surface area contributed by atoms with Gasteiger partial charge >= 0.3 is 0 Å². The Kier molecular flexibility index (Phi) is 7.13. The van der Waals surface area contributed by atoms with E-state index in [1.165, 1.54) is 17.7 Å². The zero-order chi connectivity index (χ0) is 21.5. The second kappa shape index (κ2) is 9.98. The maximum atomic E-state index is 12.5. The highest BCUT2D eigenvalue weighted by molar-refractivity contribution is 6.42. The first-order valence-electron chi connectivity index (χ1n) is 9.11. The summed E-state index contributed by atoms with van der Waals surface area (Å²) < 4.78 is 5.83. The molecule has 6 heteroatoms. The lowest BCUT2D eigenvalue weighted by Gasteiger charge is -2.08. The lowest BCUT2D eigenvalue weighted by Crippen LogP contribution is -2.13. The molecule has 0 fully saturated rings. The Morgan fingerprint density at radius 1 is 1.07 bits per heavy atom. The standard InChI is InChI=1S/C24H18Cl2N2O2/c1-16-5-7-17(8-6-16)15-30-21-4-2-3-18(12-21)11-19(14-27)24(29)28-20-9-10-22(25)23(26)13-20/h2-13H,15H2,1H3,(H,28,29)/b19-11+. The number of nitrogens with one attached hydrogen (secondary N) is 1. The first kappa shape index (κ1) is 21.4. The molecule has 0 saturated heterocycles. The molecule has 0 aliphatic heterocycles. The summed E-state index contributed by atoms with van der Waals surface area (Å²) in [5.74, 6) is 0.105. The monoisotopic (exact) mass is 436 g/mol. The molecule has 3 aromatic carbocycles. The molecule has 0 spiro atoms. The van der Waals surface area contributed by atoms with Gasteiger partial charge in [-0.1, -0.05) is 65.2 Å². The number of rotatable bonds is 6. The second-order valence-corrected chi connectivity index (χ2v) is 7.41. The van der Waals surface area contributed by atoms with Gasteiger partial charge in [-0.15, -0.1) is 0 Å². The van der Waals surface area contributed by atoms with E-state index in [-0.39, 0.29) is 5.57 Å². The highest BCUT2D eigenvalue weighted by Gasteiger charge is 2.11. The van der Waals surface area contributed by atoms with Crippen molar-refractivity contribution in [2.75, 3.05) is 5.32 Å². The molecule has 0 aliphatic carbocycles. The molecule has 0 bridgehead atoms. The van der Waals surface area contributed by atoms with Crippen molar-refractivity contribution in [1.82, 2.24) is 0 Å². The van der Waals surface area contributed by atoms with Gasteiger partial charge in [-0.05, 0) is 54.5 Å². The van der Waals surface area contributed by atoms with E-state index in [0.29, 0.717) is 33.7 Å². The third-order valence-corrected chi connectivity index (χ3v) is 4.98. The molecule has 0 aromatic heterocycles. The molecule has 150 valence electrons. The lowest BCUT2D eigenvalue weighted by atomic mass is 10.1. The molecule has 3 aromatic rings. The quantitative estimate of drug-likeness (QED) is 0.357. The van der Waals surface area contributed by atoms with Gasteiger partial charge in [0.2, 0.25) is 0 Å². The number of aryl methyl sites for hydroxylation is 1. The van der Waals surface area contributed by atoms with Gasteiger partial charge in [0.1, 0.15) is 24.0 Å². The molecule has 0 radical (unpaired) electrons. The molecule has 0 saturated carbocycles. The summed E-state index contributed by atoms with van der Waals surface area (Å²) in [5.41, 5.74) is 3.33. The van der Waals surface area contributed by atoms with Crippen molar-refractivity contribution in [2.45, 2.75) is 13.5 Å². The Hall–Kier alpha value is -3.26. The summed E-state index contributed by atoms with van der Waals surface area (Å²) in [6.07, 6.45) is 1.51. The molecule has 1 amide bonds. The van der Waals surface area contributed by atoms with Gasteiger partial charge in [0, 0.05) is 5.69 Å². The number of halogens is 2. The zero-order valence-electron chi connectivity index (χ0n) is 16.2. The van der Waals surface area contributed by atoms with E-state index in [4.69, 9.17) is 27.9 Å². The van der Waals surface area contributed by atoms with Crippen LogP contribution in [0.25, 0.3) is 6.08 Å². The van der Waals surface area contributed by atoms with Gasteiger partial charge in [-0.2, -0.15) is 5.26 Å². The molecule has 30 heavy (non-hydrogen) atoms. The molecule has 0 unspecified atom stereocenters. The number of hydrogen-bond acceptors (Lipinski definition) is 3. The largest absolute Gasteiger partial charge is 0.489 e. The molecule has 4 nitrogen and oxygen atoms in total. The number of amides is 1. The minimum Gasteiger partial charge on any atom is -0.489 e. The van der Waals surface area contributed by atoms with Crippen LogP contribution in [0.4, 0.5) is 5.69 Å². The molecule has 0 heterocycles. The first-order chi connectivity index (χ1) is 14.4. The average molecular weight is 437 g/mol.